The van der Waals surface area contributed by atoms with Crippen LogP contribution < -0.4 is 10.6 Å². The maximum Gasteiger partial charge on any atom is 0.0897 e. The van der Waals surface area contributed by atoms with Gasteiger partial charge in [0, 0.05) is 18.0 Å². The Labute approximate surface area is 95.3 Å². The molecule has 3 nitrogen and oxygen atoms in total. The topological polar surface area (TPSA) is 37.0 Å². The molecule has 1 atom stereocenters. The average Bonchev–Trinajstić information content (AvgIpc) is 2.84. The summed E-state index contributed by atoms with van der Waals surface area (Å²) in [7, 11) is 0. The highest BCUT2D eigenvalue weighted by molar-refractivity contribution is 7.09. The van der Waals surface area contributed by atoms with E-state index < -0.39 is 0 Å². The summed E-state index contributed by atoms with van der Waals surface area (Å²) in [5, 5.41) is 10.2. The Bertz CT molecular complexity index is 292. The molecule has 2 N–H and O–H groups in total. The van der Waals surface area contributed by atoms with Crippen molar-refractivity contribution < 1.29 is 0 Å². The molecule has 0 aliphatic carbocycles. The fraction of sp³-hybridized carbons (Fsp3) is 0.727. The largest absolute Gasteiger partial charge is 0.314 e. The minimum absolute atomic E-state index is 0.745. The molecule has 84 valence electrons. The number of rotatable bonds is 5. The molecule has 1 aliphatic rings. The second-order valence-corrected chi connectivity index (χ2v) is 5.18. The molecular formula is C11H19N3S. The molecule has 0 saturated carbocycles. The lowest BCUT2D eigenvalue weighted by molar-refractivity contribution is 0.522. The minimum atomic E-state index is 0.745. The molecule has 1 aromatic rings. The van der Waals surface area contributed by atoms with E-state index in [-0.39, 0.29) is 0 Å². The lowest BCUT2D eigenvalue weighted by Crippen LogP contribution is -2.26. The molecule has 1 unspecified atom stereocenters. The van der Waals surface area contributed by atoms with Crippen molar-refractivity contribution in [2.24, 2.45) is 0 Å². The Morgan fingerprint density at radius 2 is 2.60 bits per heavy atom. The molecule has 0 radical (unpaired) electrons. The van der Waals surface area contributed by atoms with Gasteiger partial charge >= 0.3 is 0 Å². The normalized spacial score (nSPS) is 21.0. The Morgan fingerprint density at radius 1 is 1.67 bits per heavy atom. The molecular weight excluding hydrogens is 206 g/mol. The van der Waals surface area contributed by atoms with Gasteiger partial charge in [0.15, 0.2) is 0 Å². The van der Waals surface area contributed by atoms with Gasteiger partial charge in [-0.1, -0.05) is 0 Å². The van der Waals surface area contributed by atoms with Crippen molar-refractivity contribution in [3.8, 4) is 0 Å². The summed E-state index contributed by atoms with van der Waals surface area (Å²) in [5.74, 6) is 0. The van der Waals surface area contributed by atoms with Crippen LogP contribution in [0.5, 0.6) is 0 Å². The zero-order valence-electron chi connectivity index (χ0n) is 9.25. The van der Waals surface area contributed by atoms with Gasteiger partial charge in [0.25, 0.3) is 0 Å². The molecule has 0 amide bonds. The standard InChI is InChI=1S/C11H19N3S/c1-9-14-11(8-15-9)7-12-6-4-10-3-2-5-13-10/h8,10,12-13H,2-7H2,1H3. The Kier molecular flexibility index (Phi) is 4.11. The number of hydrogen-bond donors (Lipinski definition) is 2. The molecule has 0 bridgehead atoms. The van der Waals surface area contributed by atoms with Gasteiger partial charge in [0.2, 0.25) is 0 Å². The van der Waals surface area contributed by atoms with Crippen LogP contribution in [0, 0.1) is 6.92 Å². The summed E-state index contributed by atoms with van der Waals surface area (Å²) in [6.07, 6.45) is 3.93. The summed E-state index contributed by atoms with van der Waals surface area (Å²) in [4.78, 5) is 4.42. The summed E-state index contributed by atoms with van der Waals surface area (Å²) in [6, 6.07) is 0.745. The average molecular weight is 225 g/mol. The lowest BCUT2D eigenvalue weighted by atomic mass is 10.1. The van der Waals surface area contributed by atoms with Crippen LogP contribution in [-0.4, -0.2) is 24.1 Å². The fourth-order valence-corrected chi connectivity index (χ4v) is 2.60. The van der Waals surface area contributed by atoms with Crippen molar-refractivity contribution >= 4 is 11.3 Å². The van der Waals surface area contributed by atoms with Crippen LogP contribution in [0.4, 0.5) is 0 Å². The van der Waals surface area contributed by atoms with Gasteiger partial charge in [-0.3, -0.25) is 0 Å². The highest BCUT2D eigenvalue weighted by Crippen LogP contribution is 2.09. The second-order valence-electron chi connectivity index (χ2n) is 4.12. The minimum Gasteiger partial charge on any atom is -0.314 e. The van der Waals surface area contributed by atoms with Gasteiger partial charge in [-0.25, -0.2) is 4.98 Å². The van der Waals surface area contributed by atoms with Crippen LogP contribution in [0.15, 0.2) is 5.38 Å². The molecule has 1 saturated heterocycles. The van der Waals surface area contributed by atoms with Crippen molar-refractivity contribution in [3.05, 3.63) is 16.1 Å². The quantitative estimate of drug-likeness (QED) is 0.749. The predicted octanol–water partition coefficient (Wildman–Crippen LogP) is 1.68. The first-order valence-corrected chi connectivity index (χ1v) is 6.57. The molecule has 0 spiro atoms. The van der Waals surface area contributed by atoms with Crippen LogP contribution in [-0.2, 0) is 6.54 Å². The van der Waals surface area contributed by atoms with Crippen LogP contribution in [0.2, 0.25) is 0 Å². The molecule has 4 heteroatoms. The van der Waals surface area contributed by atoms with E-state index in [2.05, 4.69) is 27.9 Å². The maximum atomic E-state index is 4.42. The van der Waals surface area contributed by atoms with Gasteiger partial charge in [-0.2, -0.15) is 0 Å². The van der Waals surface area contributed by atoms with E-state index in [1.165, 1.54) is 31.5 Å². The van der Waals surface area contributed by atoms with E-state index in [4.69, 9.17) is 0 Å². The van der Waals surface area contributed by atoms with E-state index in [1.807, 2.05) is 0 Å². The summed E-state index contributed by atoms with van der Waals surface area (Å²) >= 11 is 1.72. The first-order valence-electron chi connectivity index (χ1n) is 5.70. The first-order chi connectivity index (χ1) is 7.34. The molecule has 0 aromatic carbocycles. The molecule has 15 heavy (non-hydrogen) atoms. The molecule has 2 rings (SSSR count). The Balaban J connectivity index is 1.58. The summed E-state index contributed by atoms with van der Waals surface area (Å²) < 4.78 is 0. The van der Waals surface area contributed by atoms with Gasteiger partial charge < -0.3 is 10.6 Å². The molecule has 2 heterocycles. The lowest BCUT2D eigenvalue weighted by Gasteiger charge is -2.09. The monoisotopic (exact) mass is 225 g/mol. The maximum absolute atomic E-state index is 4.42. The molecule has 1 aliphatic heterocycles. The van der Waals surface area contributed by atoms with Gasteiger partial charge in [-0.15, -0.1) is 11.3 Å². The third-order valence-corrected chi connectivity index (χ3v) is 3.63. The second kappa shape index (κ2) is 5.58. The van der Waals surface area contributed by atoms with Crippen molar-refractivity contribution in [1.82, 2.24) is 15.6 Å². The van der Waals surface area contributed by atoms with Gasteiger partial charge in [0.05, 0.1) is 10.7 Å². The van der Waals surface area contributed by atoms with E-state index in [9.17, 15) is 0 Å². The zero-order valence-corrected chi connectivity index (χ0v) is 10.1. The van der Waals surface area contributed by atoms with E-state index in [0.29, 0.717) is 0 Å². The van der Waals surface area contributed by atoms with Crippen molar-refractivity contribution in [3.63, 3.8) is 0 Å². The van der Waals surface area contributed by atoms with Crippen LogP contribution in [0.1, 0.15) is 30.0 Å². The predicted molar refractivity (Wildman–Crippen MR) is 64.2 cm³/mol. The number of aryl methyl sites for hydroxylation is 1. The smallest absolute Gasteiger partial charge is 0.0897 e. The number of nitrogens with one attached hydrogen (secondary N) is 2. The highest BCUT2D eigenvalue weighted by Gasteiger charge is 2.12. The van der Waals surface area contributed by atoms with Gasteiger partial charge in [0.1, 0.15) is 0 Å². The van der Waals surface area contributed by atoms with Crippen LogP contribution >= 0.6 is 11.3 Å². The van der Waals surface area contributed by atoms with Crippen molar-refractivity contribution in [2.75, 3.05) is 13.1 Å². The van der Waals surface area contributed by atoms with Crippen molar-refractivity contribution in [1.29, 1.82) is 0 Å². The van der Waals surface area contributed by atoms with E-state index in [1.54, 1.807) is 11.3 Å². The SMILES string of the molecule is Cc1nc(CNCCC2CCCN2)cs1. The number of aromatic nitrogens is 1. The van der Waals surface area contributed by atoms with E-state index in [0.717, 1.165) is 24.1 Å². The third-order valence-electron chi connectivity index (χ3n) is 2.80. The van der Waals surface area contributed by atoms with Crippen LogP contribution in [0.3, 0.4) is 0 Å². The summed E-state index contributed by atoms with van der Waals surface area (Å²) in [6.45, 7) is 5.26. The number of hydrogen-bond acceptors (Lipinski definition) is 4. The van der Waals surface area contributed by atoms with Crippen LogP contribution in [0.25, 0.3) is 0 Å². The first kappa shape index (κ1) is 11.0. The number of nitrogens with zero attached hydrogens (tertiary/aromatic N) is 1. The van der Waals surface area contributed by atoms with E-state index >= 15 is 0 Å². The Morgan fingerprint density at radius 3 is 3.27 bits per heavy atom. The summed E-state index contributed by atoms with van der Waals surface area (Å²) in [5.41, 5.74) is 1.18. The Hall–Kier alpha value is -0.450. The molecule has 1 aromatic heterocycles. The highest BCUT2D eigenvalue weighted by atomic mass is 32.1. The third kappa shape index (κ3) is 3.55. The zero-order chi connectivity index (χ0) is 10.5. The van der Waals surface area contributed by atoms with Crippen molar-refractivity contribution in [2.45, 2.75) is 38.8 Å². The fourth-order valence-electron chi connectivity index (χ4n) is 1.99. The number of thiazole rings is 1. The molecule has 1 fully saturated rings. The van der Waals surface area contributed by atoms with Gasteiger partial charge in [-0.05, 0) is 39.3 Å².